The van der Waals surface area contributed by atoms with Crippen molar-refractivity contribution in [2.45, 2.75) is 6.92 Å². The zero-order valence-corrected chi connectivity index (χ0v) is 10.7. The molecule has 3 nitrogen and oxygen atoms in total. The Morgan fingerprint density at radius 1 is 1.17 bits per heavy atom. The van der Waals surface area contributed by atoms with Crippen LogP contribution in [0.25, 0.3) is 20.8 Å². The number of hydrogen-bond donors (Lipinski definition) is 2. The van der Waals surface area contributed by atoms with E-state index >= 15 is 0 Å². The minimum absolute atomic E-state index is 0.243. The number of nitrogen functional groups attached to an aromatic ring is 1. The summed E-state index contributed by atoms with van der Waals surface area (Å²) in [6.07, 6.45) is 0. The van der Waals surface area contributed by atoms with Gasteiger partial charge in [0.1, 0.15) is 10.8 Å². The van der Waals surface area contributed by atoms with Gasteiger partial charge in [-0.2, -0.15) is 0 Å². The number of nitrogens with zero attached hydrogens (tertiary/aromatic N) is 1. The second-order valence-electron chi connectivity index (χ2n) is 4.24. The highest BCUT2D eigenvalue weighted by Gasteiger charge is 2.07. The van der Waals surface area contributed by atoms with Crippen LogP contribution in [0.5, 0.6) is 5.75 Å². The van der Waals surface area contributed by atoms with Gasteiger partial charge in [0.05, 0.1) is 10.2 Å². The maximum atomic E-state index is 9.44. The van der Waals surface area contributed by atoms with Crippen LogP contribution in [0.15, 0.2) is 36.4 Å². The van der Waals surface area contributed by atoms with Gasteiger partial charge in [0, 0.05) is 17.3 Å². The Labute approximate surface area is 109 Å². The van der Waals surface area contributed by atoms with Crippen LogP contribution in [0.2, 0.25) is 0 Å². The summed E-state index contributed by atoms with van der Waals surface area (Å²) >= 11 is 1.61. The van der Waals surface area contributed by atoms with Crippen molar-refractivity contribution in [3.8, 4) is 16.3 Å². The molecule has 0 aliphatic rings. The van der Waals surface area contributed by atoms with E-state index in [1.807, 2.05) is 31.2 Å². The molecular formula is C14H12N2OS. The molecule has 1 aromatic heterocycles. The summed E-state index contributed by atoms with van der Waals surface area (Å²) in [7, 11) is 0. The number of aromatic nitrogens is 1. The van der Waals surface area contributed by atoms with Crippen LogP contribution in [-0.4, -0.2) is 10.1 Å². The molecule has 0 fully saturated rings. The van der Waals surface area contributed by atoms with Gasteiger partial charge >= 0.3 is 0 Å². The summed E-state index contributed by atoms with van der Waals surface area (Å²) in [4.78, 5) is 4.53. The third-order valence-corrected chi connectivity index (χ3v) is 3.97. The minimum atomic E-state index is 0.243. The van der Waals surface area contributed by atoms with Crippen molar-refractivity contribution in [1.29, 1.82) is 0 Å². The van der Waals surface area contributed by atoms with Crippen LogP contribution in [-0.2, 0) is 0 Å². The molecule has 0 atom stereocenters. The maximum absolute atomic E-state index is 9.44. The number of thiazole rings is 1. The minimum Gasteiger partial charge on any atom is -0.508 e. The Hall–Kier alpha value is -2.07. The fourth-order valence-corrected chi connectivity index (χ4v) is 2.79. The van der Waals surface area contributed by atoms with Crippen molar-refractivity contribution in [2.24, 2.45) is 0 Å². The normalized spacial score (nSPS) is 10.9. The lowest BCUT2D eigenvalue weighted by Gasteiger charge is -2.01. The van der Waals surface area contributed by atoms with Crippen LogP contribution < -0.4 is 5.73 Å². The van der Waals surface area contributed by atoms with E-state index in [-0.39, 0.29) is 5.75 Å². The highest BCUT2D eigenvalue weighted by molar-refractivity contribution is 7.21. The predicted molar refractivity (Wildman–Crippen MR) is 75.9 cm³/mol. The molecule has 4 heteroatoms. The molecule has 1 heterocycles. The molecule has 0 radical (unpaired) electrons. The van der Waals surface area contributed by atoms with Crippen LogP contribution >= 0.6 is 11.3 Å². The lowest BCUT2D eigenvalue weighted by atomic mass is 10.1. The molecule has 0 amide bonds. The molecule has 0 spiro atoms. The van der Waals surface area contributed by atoms with Gasteiger partial charge in [-0.15, -0.1) is 11.3 Å². The molecular weight excluding hydrogens is 244 g/mol. The van der Waals surface area contributed by atoms with Gasteiger partial charge in [0.25, 0.3) is 0 Å². The standard InChI is InChI=1S/C14H12N2OS/c1-8-6-9(2-4-11(8)15)14-16-12-7-10(17)3-5-13(12)18-14/h2-7,17H,15H2,1H3. The number of anilines is 1. The number of nitrogens with two attached hydrogens (primary N) is 1. The molecule has 3 rings (SSSR count). The number of rotatable bonds is 1. The first kappa shape index (κ1) is 11.0. The van der Waals surface area contributed by atoms with E-state index in [0.29, 0.717) is 0 Å². The third kappa shape index (κ3) is 1.80. The summed E-state index contributed by atoms with van der Waals surface area (Å²) in [5.41, 5.74) is 9.53. The van der Waals surface area contributed by atoms with Gasteiger partial charge in [0.2, 0.25) is 0 Å². The van der Waals surface area contributed by atoms with E-state index in [4.69, 9.17) is 5.73 Å². The van der Waals surface area contributed by atoms with Gasteiger partial charge in [-0.05, 0) is 42.8 Å². The van der Waals surface area contributed by atoms with Gasteiger partial charge in [-0.1, -0.05) is 0 Å². The average molecular weight is 256 g/mol. The molecule has 0 aliphatic carbocycles. The number of benzene rings is 2. The Bertz CT molecular complexity index is 734. The molecule has 3 aromatic rings. The fraction of sp³-hybridized carbons (Fsp3) is 0.0714. The van der Waals surface area contributed by atoms with Gasteiger partial charge in [-0.25, -0.2) is 4.98 Å². The Balaban J connectivity index is 2.16. The molecule has 2 aromatic carbocycles. The zero-order valence-electron chi connectivity index (χ0n) is 9.84. The summed E-state index contributed by atoms with van der Waals surface area (Å²) < 4.78 is 1.07. The second kappa shape index (κ2) is 3.99. The van der Waals surface area contributed by atoms with Gasteiger partial charge < -0.3 is 10.8 Å². The lowest BCUT2D eigenvalue weighted by molar-refractivity contribution is 0.476. The number of fused-ring (bicyclic) bond motifs is 1. The predicted octanol–water partition coefficient (Wildman–Crippen LogP) is 3.56. The van der Waals surface area contributed by atoms with Gasteiger partial charge in [-0.3, -0.25) is 0 Å². The van der Waals surface area contributed by atoms with E-state index in [2.05, 4.69) is 4.98 Å². The van der Waals surface area contributed by atoms with Crippen molar-refractivity contribution in [3.63, 3.8) is 0 Å². The van der Waals surface area contributed by atoms with E-state index < -0.39 is 0 Å². The highest BCUT2D eigenvalue weighted by atomic mass is 32.1. The second-order valence-corrected chi connectivity index (χ2v) is 5.27. The summed E-state index contributed by atoms with van der Waals surface area (Å²) in [6.45, 7) is 1.98. The van der Waals surface area contributed by atoms with Crippen LogP contribution in [0, 0.1) is 6.92 Å². The number of aromatic hydroxyl groups is 1. The first-order valence-corrected chi connectivity index (χ1v) is 6.41. The fourth-order valence-electron chi connectivity index (χ4n) is 1.85. The van der Waals surface area contributed by atoms with Crippen LogP contribution in [0.4, 0.5) is 5.69 Å². The van der Waals surface area contributed by atoms with Crippen LogP contribution in [0.3, 0.4) is 0 Å². The number of phenolic OH excluding ortho intramolecular Hbond substituents is 1. The van der Waals surface area contributed by atoms with E-state index in [9.17, 15) is 5.11 Å². The van der Waals surface area contributed by atoms with E-state index in [1.54, 1.807) is 23.5 Å². The lowest BCUT2D eigenvalue weighted by Crippen LogP contribution is -1.89. The van der Waals surface area contributed by atoms with E-state index in [1.165, 1.54) is 0 Å². The Kier molecular flexibility index (Phi) is 2.45. The molecule has 18 heavy (non-hydrogen) atoms. The molecule has 3 N–H and O–H groups in total. The number of hydrogen-bond acceptors (Lipinski definition) is 4. The smallest absolute Gasteiger partial charge is 0.124 e. The van der Waals surface area contributed by atoms with Crippen molar-refractivity contribution < 1.29 is 5.11 Å². The Morgan fingerprint density at radius 2 is 2.00 bits per heavy atom. The van der Waals surface area contributed by atoms with Gasteiger partial charge in [0.15, 0.2) is 0 Å². The first-order valence-electron chi connectivity index (χ1n) is 5.59. The first-order chi connectivity index (χ1) is 8.63. The van der Waals surface area contributed by atoms with Crippen LogP contribution in [0.1, 0.15) is 5.56 Å². The van der Waals surface area contributed by atoms with Crippen molar-refractivity contribution in [2.75, 3.05) is 5.73 Å². The maximum Gasteiger partial charge on any atom is 0.124 e. The quantitative estimate of drug-likeness (QED) is 0.654. The molecule has 0 saturated heterocycles. The third-order valence-electron chi connectivity index (χ3n) is 2.89. The summed E-state index contributed by atoms with van der Waals surface area (Å²) in [6, 6.07) is 11.1. The number of aryl methyl sites for hydroxylation is 1. The topological polar surface area (TPSA) is 59.1 Å². The SMILES string of the molecule is Cc1cc(-c2nc3cc(O)ccc3s2)ccc1N. The molecule has 90 valence electrons. The number of phenols is 1. The Morgan fingerprint density at radius 3 is 2.78 bits per heavy atom. The van der Waals surface area contributed by atoms with E-state index in [0.717, 1.165) is 32.0 Å². The summed E-state index contributed by atoms with van der Waals surface area (Å²) in [5, 5.41) is 10.4. The molecule has 0 aliphatic heterocycles. The molecule has 0 bridgehead atoms. The largest absolute Gasteiger partial charge is 0.508 e. The average Bonchev–Trinajstić information content (AvgIpc) is 2.75. The van der Waals surface area contributed by atoms with Crippen molar-refractivity contribution >= 4 is 27.2 Å². The monoisotopic (exact) mass is 256 g/mol. The van der Waals surface area contributed by atoms with Crippen molar-refractivity contribution in [1.82, 2.24) is 4.98 Å². The van der Waals surface area contributed by atoms with Crippen molar-refractivity contribution in [3.05, 3.63) is 42.0 Å². The molecule has 0 saturated carbocycles. The zero-order chi connectivity index (χ0) is 12.7. The highest BCUT2D eigenvalue weighted by Crippen LogP contribution is 2.32. The summed E-state index contributed by atoms with van der Waals surface area (Å²) in [5.74, 6) is 0.243. The molecule has 0 unspecified atom stereocenters.